The maximum atomic E-state index is 8.97. The first-order valence-electron chi connectivity index (χ1n) is 6.21. The molecule has 1 aromatic carbocycles. The molecule has 8 nitrogen and oxygen atoms in total. The fourth-order valence-corrected chi connectivity index (χ4v) is 2.54. The Kier molecular flexibility index (Phi) is 3.08. The zero-order valence-electron chi connectivity index (χ0n) is 10.8. The molecule has 21 heavy (non-hydrogen) atoms. The lowest BCUT2D eigenvalue weighted by atomic mass is 9.95. The molecule has 0 spiro atoms. The van der Waals surface area contributed by atoms with E-state index in [2.05, 4.69) is 30.4 Å². The Balaban J connectivity index is 2.26. The first-order chi connectivity index (χ1) is 10.3. The fourth-order valence-electron chi connectivity index (χ4n) is 2.54. The van der Waals surface area contributed by atoms with Gasteiger partial charge in [0.2, 0.25) is 0 Å². The van der Waals surface area contributed by atoms with Crippen molar-refractivity contribution in [2.45, 2.75) is 11.7 Å². The third-order valence-corrected chi connectivity index (χ3v) is 3.40. The number of aromatic nitrogens is 1. The van der Waals surface area contributed by atoms with E-state index in [1.165, 1.54) is 0 Å². The van der Waals surface area contributed by atoms with Crippen molar-refractivity contribution in [3.8, 4) is 0 Å². The summed E-state index contributed by atoms with van der Waals surface area (Å²) < 4.78 is 0. The average Bonchev–Trinajstić information content (AvgIpc) is 2.84. The lowest BCUT2D eigenvalue weighted by Crippen LogP contribution is -2.34. The van der Waals surface area contributed by atoms with Crippen LogP contribution < -0.4 is 5.32 Å². The smallest absolute Gasteiger partial charge is 0.172 e. The standard InChI is InChI=1S/C13H10N8/c14-20-18-12-9-5-1-2-6-10(9)17-13(12,19-21-15)11-7-3-4-8-16-11/h1-8,12,17H. The quantitative estimate of drug-likeness (QED) is 0.517. The normalized spacial score (nSPS) is 22.4. The molecule has 0 fully saturated rings. The van der Waals surface area contributed by atoms with Crippen LogP contribution in [0.3, 0.4) is 0 Å². The van der Waals surface area contributed by atoms with Crippen LogP contribution in [-0.2, 0) is 5.66 Å². The molecular weight excluding hydrogens is 268 g/mol. The number of rotatable bonds is 3. The van der Waals surface area contributed by atoms with E-state index in [1.54, 1.807) is 24.4 Å². The summed E-state index contributed by atoms with van der Waals surface area (Å²) in [5, 5.41) is 10.9. The van der Waals surface area contributed by atoms with Crippen LogP contribution in [0.5, 0.6) is 0 Å². The van der Waals surface area contributed by atoms with Gasteiger partial charge < -0.3 is 5.32 Å². The van der Waals surface area contributed by atoms with Gasteiger partial charge in [0.15, 0.2) is 5.66 Å². The minimum atomic E-state index is -1.26. The zero-order chi connectivity index (χ0) is 14.7. The Labute approximate surface area is 119 Å². The van der Waals surface area contributed by atoms with E-state index in [1.807, 2.05) is 24.3 Å². The first-order valence-corrected chi connectivity index (χ1v) is 6.21. The minimum Gasteiger partial charge on any atom is -0.368 e. The topological polar surface area (TPSA) is 122 Å². The SMILES string of the molecule is [N-]=[N+]=NC1c2ccccc2NC1(N=[N+]=[N-])c1ccccn1. The highest BCUT2D eigenvalue weighted by Gasteiger charge is 2.47. The van der Waals surface area contributed by atoms with Gasteiger partial charge in [-0.3, -0.25) is 4.98 Å². The molecule has 0 aliphatic carbocycles. The molecule has 2 atom stereocenters. The van der Waals surface area contributed by atoms with Gasteiger partial charge in [-0.25, -0.2) is 0 Å². The number of hydrogen-bond acceptors (Lipinski definition) is 4. The summed E-state index contributed by atoms with van der Waals surface area (Å²) in [6.07, 6.45) is 1.60. The van der Waals surface area contributed by atoms with Crippen molar-refractivity contribution in [2.75, 3.05) is 5.32 Å². The number of fused-ring (bicyclic) bond motifs is 1. The summed E-state index contributed by atoms with van der Waals surface area (Å²) in [5.41, 5.74) is 18.6. The molecule has 3 rings (SSSR count). The number of nitrogens with one attached hydrogen (secondary N) is 1. The molecule has 8 heteroatoms. The van der Waals surface area contributed by atoms with Crippen LogP contribution in [0.15, 0.2) is 58.9 Å². The van der Waals surface area contributed by atoms with Crippen molar-refractivity contribution in [3.63, 3.8) is 0 Å². The van der Waals surface area contributed by atoms with Crippen LogP contribution in [0, 0.1) is 0 Å². The number of anilines is 1. The summed E-state index contributed by atoms with van der Waals surface area (Å²) >= 11 is 0. The number of hydrogen-bond donors (Lipinski definition) is 1. The lowest BCUT2D eigenvalue weighted by molar-refractivity contribution is 0.423. The molecule has 0 bridgehead atoms. The molecule has 2 unspecified atom stereocenters. The van der Waals surface area contributed by atoms with E-state index in [-0.39, 0.29) is 0 Å². The number of pyridine rings is 1. The lowest BCUT2D eigenvalue weighted by Gasteiger charge is -2.28. The zero-order valence-corrected chi connectivity index (χ0v) is 10.8. The van der Waals surface area contributed by atoms with Crippen LogP contribution in [0.2, 0.25) is 0 Å². The fraction of sp³-hybridized carbons (Fsp3) is 0.154. The first kappa shape index (κ1) is 12.8. The van der Waals surface area contributed by atoms with E-state index < -0.39 is 11.7 Å². The number of para-hydroxylation sites is 1. The van der Waals surface area contributed by atoms with E-state index in [0.717, 1.165) is 11.3 Å². The van der Waals surface area contributed by atoms with Crippen LogP contribution in [0.25, 0.3) is 20.9 Å². The molecule has 0 saturated heterocycles. The van der Waals surface area contributed by atoms with Crippen LogP contribution >= 0.6 is 0 Å². The second kappa shape index (κ2) is 5.05. The molecule has 102 valence electrons. The molecule has 1 aliphatic heterocycles. The van der Waals surface area contributed by atoms with Gasteiger partial charge in [0.05, 0.1) is 11.7 Å². The summed E-state index contributed by atoms with van der Waals surface area (Å²) in [6, 6.07) is 11.9. The molecular formula is C13H10N8. The van der Waals surface area contributed by atoms with Crippen LogP contribution in [0.4, 0.5) is 5.69 Å². The Morgan fingerprint density at radius 3 is 2.62 bits per heavy atom. The summed E-state index contributed by atoms with van der Waals surface area (Å²) in [5.74, 6) is 0. The Morgan fingerprint density at radius 2 is 1.90 bits per heavy atom. The predicted molar refractivity (Wildman–Crippen MR) is 77.0 cm³/mol. The van der Waals surface area contributed by atoms with Crippen molar-refractivity contribution in [1.82, 2.24) is 4.98 Å². The molecule has 1 N–H and O–H groups in total. The van der Waals surface area contributed by atoms with E-state index in [4.69, 9.17) is 11.1 Å². The van der Waals surface area contributed by atoms with Gasteiger partial charge in [0, 0.05) is 21.7 Å². The van der Waals surface area contributed by atoms with Crippen molar-refractivity contribution in [2.24, 2.45) is 10.2 Å². The second-order valence-electron chi connectivity index (χ2n) is 4.49. The van der Waals surface area contributed by atoms with Crippen molar-refractivity contribution < 1.29 is 0 Å². The van der Waals surface area contributed by atoms with Crippen LogP contribution in [-0.4, -0.2) is 4.98 Å². The summed E-state index contributed by atoms with van der Waals surface area (Å²) in [4.78, 5) is 10.1. The molecule has 2 heterocycles. The van der Waals surface area contributed by atoms with Crippen molar-refractivity contribution in [3.05, 3.63) is 80.8 Å². The van der Waals surface area contributed by atoms with Gasteiger partial charge in [0.25, 0.3) is 0 Å². The molecule has 2 aromatic rings. The Hall–Kier alpha value is -3.21. The monoisotopic (exact) mass is 278 g/mol. The molecule has 1 aromatic heterocycles. The number of azide groups is 2. The maximum Gasteiger partial charge on any atom is 0.172 e. The van der Waals surface area contributed by atoms with Gasteiger partial charge in [0.1, 0.15) is 0 Å². The molecule has 0 amide bonds. The van der Waals surface area contributed by atoms with Gasteiger partial charge in [-0.2, -0.15) is 0 Å². The van der Waals surface area contributed by atoms with Crippen LogP contribution in [0.1, 0.15) is 17.3 Å². The predicted octanol–water partition coefficient (Wildman–Crippen LogP) is 4.02. The van der Waals surface area contributed by atoms with E-state index in [9.17, 15) is 0 Å². The Morgan fingerprint density at radius 1 is 1.10 bits per heavy atom. The Bertz CT molecular complexity index is 761. The third kappa shape index (κ3) is 1.92. The minimum absolute atomic E-state index is 0.497. The van der Waals surface area contributed by atoms with Crippen molar-refractivity contribution in [1.29, 1.82) is 0 Å². The van der Waals surface area contributed by atoms with Gasteiger partial charge in [-0.05, 0) is 34.8 Å². The number of benzene rings is 1. The molecule has 1 aliphatic rings. The second-order valence-corrected chi connectivity index (χ2v) is 4.49. The summed E-state index contributed by atoms with van der Waals surface area (Å²) in [6.45, 7) is 0. The van der Waals surface area contributed by atoms with E-state index >= 15 is 0 Å². The van der Waals surface area contributed by atoms with E-state index in [0.29, 0.717) is 5.69 Å². The third-order valence-electron chi connectivity index (χ3n) is 3.40. The van der Waals surface area contributed by atoms with Gasteiger partial charge >= 0.3 is 0 Å². The highest BCUT2D eigenvalue weighted by atomic mass is 15.3. The highest BCUT2D eigenvalue weighted by Crippen LogP contribution is 2.49. The highest BCUT2D eigenvalue weighted by molar-refractivity contribution is 5.62. The maximum absolute atomic E-state index is 8.97. The number of nitrogens with zero attached hydrogens (tertiary/aromatic N) is 7. The van der Waals surface area contributed by atoms with Gasteiger partial charge in [-0.1, -0.05) is 34.5 Å². The van der Waals surface area contributed by atoms with Gasteiger partial charge in [-0.15, -0.1) is 0 Å². The molecule has 0 radical (unpaired) electrons. The summed E-state index contributed by atoms with van der Waals surface area (Å²) in [7, 11) is 0. The average molecular weight is 278 g/mol. The van der Waals surface area contributed by atoms with Crippen molar-refractivity contribution >= 4 is 5.69 Å². The molecule has 0 saturated carbocycles. The largest absolute Gasteiger partial charge is 0.368 e.